The summed E-state index contributed by atoms with van der Waals surface area (Å²) in [5, 5.41) is 12.3. The minimum atomic E-state index is -4.76. The number of anilines is 2. The Balaban J connectivity index is 1.55. The number of hydrogen-bond acceptors (Lipinski definition) is 5. The molecular formula is C29H30F3N5O3. The Bertz CT molecular complexity index is 1440. The Hall–Kier alpha value is -4.54. The molecule has 3 aromatic rings. The first kappa shape index (κ1) is 28.5. The SMILES string of the molecule is CC(C)(C)OC(=O)NCc1cccc(-n2nc(C(F)(F)F)cc2C(=O)Nc2cccc(NC3C=CC=CC3)c2)c1. The van der Waals surface area contributed by atoms with Crippen molar-refractivity contribution in [3.63, 3.8) is 0 Å². The molecule has 0 bridgehead atoms. The second kappa shape index (κ2) is 11.7. The van der Waals surface area contributed by atoms with Crippen LogP contribution in [0.3, 0.4) is 0 Å². The lowest BCUT2D eigenvalue weighted by Gasteiger charge is -2.19. The summed E-state index contributed by atoms with van der Waals surface area (Å²) in [6.45, 7) is 5.25. The van der Waals surface area contributed by atoms with Crippen molar-refractivity contribution in [3.8, 4) is 5.69 Å². The highest BCUT2D eigenvalue weighted by Gasteiger charge is 2.36. The molecule has 1 aliphatic rings. The smallest absolute Gasteiger partial charge is 0.435 e. The van der Waals surface area contributed by atoms with Crippen molar-refractivity contribution in [2.24, 2.45) is 0 Å². The second-order valence-electron chi connectivity index (χ2n) is 10.2. The number of carbonyl (C=O) groups excluding carboxylic acids is 2. The number of benzene rings is 2. The molecule has 2 amide bonds. The van der Waals surface area contributed by atoms with Crippen LogP contribution in [0.5, 0.6) is 0 Å². The van der Waals surface area contributed by atoms with Gasteiger partial charge in [0.15, 0.2) is 5.69 Å². The molecule has 4 rings (SSSR count). The van der Waals surface area contributed by atoms with Gasteiger partial charge in [-0.1, -0.05) is 42.5 Å². The molecule has 0 saturated carbocycles. The van der Waals surface area contributed by atoms with Crippen LogP contribution in [0.25, 0.3) is 5.69 Å². The molecule has 0 aliphatic heterocycles. The van der Waals surface area contributed by atoms with Crippen molar-refractivity contribution in [2.45, 2.75) is 51.6 Å². The van der Waals surface area contributed by atoms with E-state index in [1.54, 1.807) is 51.1 Å². The van der Waals surface area contributed by atoms with Gasteiger partial charge in [-0.25, -0.2) is 9.48 Å². The van der Waals surface area contributed by atoms with E-state index in [-0.39, 0.29) is 24.0 Å². The zero-order chi connectivity index (χ0) is 28.9. The van der Waals surface area contributed by atoms with Gasteiger partial charge in [0.25, 0.3) is 5.91 Å². The third kappa shape index (κ3) is 7.75. The van der Waals surface area contributed by atoms with Crippen LogP contribution in [0.1, 0.15) is 48.9 Å². The average molecular weight is 554 g/mol. The third-order valence-electron chi connectivity index (χ3n) is 5.68. The third-order valence-corrected chi connectivity index (χ3v) is 5.68. The van der Waals surface area contributed by atoms with E-state index >= 15 is 0 Å². The lowest BCUT2D eigenvalue weighted by atomic mass is 10.1. The van der Waals surface area contributed by atoms with Crippen LogP contribution in [0.15, 0.2) is 78.9 Å². The average Bonchev–Trinajstić information content (AvgIpc) is 3.34. The fraction of sp³-hybridized carbons (Fsp3) is 0.276. The monoisotopic (exact) mass is 553 g/mol. The molecule has 3 N–H and O–H groups in total. The molecule has 8 nitrogen and oxygen atoms in total. The summed E-state index contributed by atoms with van der Waals surface area (Å²) in [6, 6.07) is 14.1. The molecular weight excluding hydrogens is 523 g/mol. The number of alkyl halides is 3. The summed E-state index contributed by atoms with van der Waals surface area (Å²) in [4.78, 5) is 25.2. The molecule has 210 valence electrons. The second-order valence-corrected chi connectivity index (χ2v) is 10.2. The van der Waals surface area contributed by atoms with Crippen LogP contribution in [0.4, 0.5) is 29.3 Å². The molecule has 1 aliphatic carbocycles. The molecule has 1 atom stereocenters. The number of amides is 2. The van der Waals surface area contributed by atoms with E-state index in [0.29, 0.717) is 17.3 Å². The molecule has 0 spiro atoms. The number of nitrogens with one attached hydrogen (secondary N) is 3. The zero-order valence-electron chi connectivity index (χ0n) is 22.3. The molecule has 2 aromatic carbocycles. The Labute approximate surface area is 229 Å². The van der Waals surface area contributed by atoms with Crippen LogP contribution in [-0.2, 0) is 17.5 Å². The van der Waals surface area contributed by atoms with E-state index in [1.165, 1.54) is 12.1 Å². The summed E-state index contributed by atoms with van der Waals surface area (Å²) >= 11 is 0. The quantitative estimate of drug-likeness (QED) is 0.312. The first-order chi connectivity index (χ1) is 18.9. The zero-order valence-corrected chi connectivity index (χ0v) is 22.3. The number of aromatic nitrogens is 2. The van der Waals surface area contributed by atoms with Crippen molar-refractivity contribution < 1.29 is 27.5 Å². The predicted molar refractivity (Wildman–Crippen MR) is 146 cm³/mol. The van der Waals surface area contributed by atoms with E-state index in [9.17, 15) is 22.8 Å². The van der Waals surface area contributed by atoms with Crippen molar-refractivity contribution >= 4 is 23.4 Å². The molecule has 40 heavy (non-hydrogen) atoms. The Morgan fingerprint density at radius 2 is 1.77 bits per heavy atom. The van der Waals surface area contributed by atoms with Gasteiger partial charge in [0.05, 0.1) is 5.69 Å². The number of halogens is 3. The Morgan fingerprint density at radius 1 is 1.02 bits per heavy atom. The van der Waals surface area contributed by atoms with Crippen molar-refractivity contribution in [3.05, 3.63) is 95.9 Å². The molecule has 0 saturated heterocycles. The van der Waals surface area contributed by atoms with Gasteiger partial charge >= 0.3 is 12.3 Å². The highest BCUT2D eigenvalue weighted by atomic mass is 19.4. The van der Waals surface area contributed by atoms with Crippen LogP contribution in [0.2, 0.25) is 0 Å². The highest BCUT2D eigenvalue weighted by molar-refractivity contribution is 6.03. The summed E-state index contributed by atoms with van der Waals surface area (Å²) in [5.74, 6) is -0.766. The van der Waals surface area contributed by atoms with Crippen molar-refractivity contribution in [1.29, 1.82) is 0 Å². The molecule has 1 unspecified atom stereocenters. The Kier molecular flexibility index (Phi) is 8.32. The summed E-state index contributed by atoms with van der Waals surface area (Å²) < 4.78 is 47.0. The first-order valence-corrected chi connectivity index (χ1v) is 12.6. The number of nitrogens with zero attached hydrogens (tertiary/aromatic N) is 2. The summed E-state index contributed by atoms with van der Waals surface area (Å²) in [5.41, 5.74) is -0.247. The number of rotatable bonds is 7. The number of alkyl carbamates (subject to hydrolysis) is 1. The van der Waals surface area contributed by atoms with Gasteiger partial charge in [-0.3, -0.25) is 4.79 Å². The van der Waals surface area contributed by atoms with Gasteiger partial charge < -0.3 is 20.7 Å². The minimum Gasteiger partial charge on any atom is -0.444 e. The van der Waals surface area contributed by atoms with Crippen LogP contribution >= 0.6 is 0 Å². The maximum atomic E-state index is 13.6. The number of ether oxygens (including phenoxy) is 1. The molecule has 0 radical (unpaired) electrons. The van der Waals surface area contributed by atoms with Crippen LogP contribution in [0, 0.1) is 0 Å². The van der Waals surface area contributed by atoms with Gasteiger partial charge in [0.2, 0.25) is 0 Å². The predicted octanol–water partition coefficient (Wildman–Crippen LogP) is 6.46. The number of allylic oxidation sites excluding steroid dienone is 2. The van der Waals surface area contributed by atoms with Gasteiger partial charge in [-0.05, 0) is 63.1 Å². The minimum absolute atomic E-state index is 0.0590. The molecule has 11 heteroatoms. The van der Waals surface area contributed by atoms with Gasteiger partial charge in [-0.15, -0.1) is 0 Å². The van der Waals surface area contributed by atoms with Crippen molar-refractivity contribution in [1.82, 2.24) is 15.1 Å². The van der Waals surface area contributed by atoms with E-state index in [4.69, 9.17) is 4.74 Å². The topological polar surface area (TPSA) is 97.3 Å². The van der Waals surface area contributed by atoms with E-state index in [0.717, 1.165) is 16.8 Å². The van der Waals surface area contributed by atoms with Crippen molar-refractivity contribution in [2.75, 3.05) is 10.6 Å². The lowest BCUT2D eigenvalue weighted by molar-refractivity contribution is -0.141. The normalized spacial score (nSPS) is 15.0. The van der Waals surface area contributed by atoms with E-state index < -0.39 is 29.5 Å². The fourth-order valence-electron chi connectivity index (χ4n) is 3.95. The highest BCUT2D eigenvalue weighted by Crippen LogP contribution is 2.30. The largest absolute Gasteiger partial charge is 0.444 e. The van der Waals surface area contributed by atoms with Crippen LogP contribution in [-0.4, -0.2) is 33.4 Å². The first-order valence-electron chi connectivity index (χ1n) is 12.6. The molecule has 1 heterocycles. The summed E-state index contributed by atoms with van der Waals surface area (Å²) in [7, 11) is 0. The maximum Gasteiger partial charge on any atom is 0.435 e. The summed E-state index contributed by atoms with van der Waals surface area (Å²) in [6.07, 6.45) is 3.35. The fourth-order valence-corrected chi connectivity index (χ4v) is 3.95. The van der Waals surface area contributed by atoms with Crippen LogP contribution < -0.4 is 16.0 Å². The molecule has 1 aromatic heterocycles. The Morgan fingerprint density at radius 3 is 2.48 bits per heavy atom. The standard InChI is InChI=1S/C29H30F3N5O3/c1-28(2,3)40-27(39)33-18-19-9-7-14-23(15-19)37-24(17-25(36-37)29(30,31)32)26(38)35-22-13-8-12-21(16-22)34-20-10-5-4-6-11-20/h4-10,12-17,20,34H,11,18H2,1-3H3,(H,33,39)(H,35,38). The number of carbonyl (C=O) groups is 2. The van der Waals surface area contributed by atoms with Gasteiger partial charge in [0, 0.05) is 30.0 Å². The maximum absolute atomic E-state index is 13.6. The van der Waals surface area contributed by atoms with Gasteiger partial charge in [-0.2, -0.15) is 18.3 Å². The number of hydrogen-bond donors (Lipinski definition) is 3. The van der Waals surface area contributed by atoms with E-state index in [1.807, 2.05) is 30.4 Å². The lowest BCUT2D eigenvalue weighted by Crippen LogP contribution is -2.32. The molecule has 0 fully saturated rings. The van der Waals surface area contributed by atoms with E-state index in [2.05, 4.69) is 21.0 Å². The van der Waals surface area contributed by atoms with Gasteiger partial charge in [0.1, 0.15) is 11.3 Å².